The van der Waals surface area contributed by atoms with Gasteiger partial charge in [-0.25, -0.2) is 0 Å². The van der Waals surface area contributed by atoms with Crippen molar-refractivity contribution < 1.29 is 18.3 Å². The van der Waals surface area contributed by atoms with E-state index in [-0.39, 0.29) is 16.7 Å². The number of amides is 1. The Morgan fingerprint density at radius 2 is 2.04 bits per heavy atom. The largest absolute Gasteiger partial charge is 0.433 e. The molecule has 0 aliphatic heterocycles. The fourth-order valence-electron chi connectivity index (χ4n) is 2.25. The molecule has 0 saturated heterocycles. The average molecular weight is 337 g/mol. The van der Waals surface area contributed by atoms with Crippen LogP contribution in [0.15, 0.2) is 48.7 Å². The monoisotopic (exact) mass is 336 g/mol. The first-order chi connectivity index (χ1) is 11.0. The summed E-state index contributed by atoms with van der Waals surface area (Å²) in [5.41, 5.74) is 1.72. The van der Waals surface area contributed by atoms with Gasteiger partial charge in [-0.15, -0.1) is 0 Å². The van der Waals surface area contributed by atoms with Crippen molar-refractivity contribution in [3.8, 4) is 5.75 Å². The number of aromatic amines is 1. The highest BCUT2D eigenvalue weighted by molar-refractivity contribution is 6.32. The standard InChI is InChI=1S/C16H11ClF2N2O2/c17-12-8-9(4-5-14(12)23-16(18)19)21-15(22)11-2-1-3-13-10(11)6-7-20-13/h1-8,16,20H,(H,21,22). The molecule has 7 heteroatoms. The van der Waals surface area contributed by atoms with Gasteiger partial charge in [-0.3, -0.25) is 4.79 Å². The van der Waals surface area contributed by atoms with Gasteiger partial charge in [-0.05, 0) is 36.4 Å². The van der Waals surface area contributed by atoms with Crippen molar-refractivity contribution in [2.24, 2.45) is 0 Å². The normalized spacial score (nSPS) is 11.0. The molecular weight excluding hydrogens is 326 g/mol. The zero-order valence-corrected chi connectivity index (χ0v) is 12.4. The number of hydrogen-bond donors (Lipinski definition) is 2. The fraction of sp³-hybridized carbons (Fsp3) is 0.0625. The molecule has 2 N–H and O–H groups in total. The Morgan fingerprint density at radius 1 is 1.22 bits per heavy atom. The van der Waals surface area contributed by atoms with Crippen LogP contribution in [0.3, 0.4) is 0 Å². The molecule has 0 saturated carbocycles. The number of hydrogen-bond acceptors (Lipinski definition) is 2. The van der Waals surface area contributed by atoms with Crippen LogP contribution in [0.1, 0.15) is 10.4 Å². The first-order valence-corrected chi connectivity index (χ1v) is 7.04. The van der Waals surface area contributed by atoms with Crippen LogP contribution in [0.2, 0.25) is 5.02 Å². The lowest BCUT2D eigenvalue weighted by Gasteiger charge is -2.10. The van der Waals surface area contributed by atoms with Crippen LogP contribution in [-0.2, 0) is 0 Å². The summed E-state index contributed by atoms with van der Waals surface area (Å²) in [7, 11) is 0. The lowest BCUT2D eigenvalue weighted by atomic mass is 10.1. The van der Waals surface area contributed by atoms with Crippen molar-refractivity contribution in [2.75, 3.05) is 5.32 Å². The number of H-pyrrole nitrogens is 1. The Labute approximate surface area is 135 Å². The van der Waals surface area contributed by atoms with Crippen LogP contribution < -0.4 is 10.1 Å². The fourth-order valence-corrected chi connectivity index (χ4v) is 2.48. The molecule has 2 aromatic carbocycles. The quantitative estimate of drug-likeness (QED) is 0.727. The summed E-state index contributed by atoms with van der Waals surface area (Å²) in [5.74, 6) is -0.471. The van der Waals surface area contributed by atoms with Crippen molar-refractivity contribution in [1.29, 1.82) is 0 Å². The van der Waals surface area contributed by atoms with E-state index >= 15 is 0 Å². The summed E-state index contributed by atoms with van der Waals surface area (Å²) < 4.78 is 28.6. The Balaban J connectivity index is 1.83. The van der Waals surface area contributed by atoms with Crippen molar-refractivity contribution in [3.05, 3.63) is 59.2 Å². The minimum atomic E-state index is -2.96. The molecule has 0 unspecified atom stereocenters. The molecule has 1 heterocycles. The third-order valence-electron chi connectivity index (χ3n) is 3.25. The third kappa shape index (κ3) is 3.27. The van der Waals surface area contributed by atoms with Crippen LogP contribution in [0.25, 0.3) is 10.9 Å². The molecule has 0 aliphatic rings. The highest BCUT2D eigenvalue weighted by Crippen LogP contribution is 2.29. The van der Waals surface area contributed by atoms with Gasteiger partial charge in [0.1, 0.15) is 5.75 Å². The lowest BCUT2D eigenvalue weighted by Crippen LogP contribution is -2.12. The molecule has 0 atom stereocenters. The summed E-state index contributed by atoms with van der Waals surface area (Å²) in [6, 6.07) is 11.2. The number of halogens is 3. The van der Waals surface area contributed by atoms with E-state index in [9.17, 15) is 13.6 Å². The van der Waals surface area contributed by atoms with E-state index in [2.05, 4.69) is 15.0 Å². The van der Waals surface area contributed by atoms with Gasteiger partial charge in [-0.2, -0.15) is 8.78 Å². The Hall–Kier alpha value is -2.60. The minimum absolute atomic E-state index is 0.0112. The summed E-state index contributed by atoms with van der Waals surface area (Å²) in [5, 5.41) is 3.46. The first-order valence-electron chi connectivity index (χ1n) is 6.66. The van der Waals surface area contributed by atoms with Gasteiger partial charge in [0.15, 0.2) is 0 Å². The van der Waals surface area contributed by atoms with Gasteiger partial charge in [0.2, 0.25) is 0 Å². The van der Waals surface area contributed by atoms with Gasteiger partial charge in [-0.1, -0.05) is 17.7 Å². The van der Waals surface area contributed by atoms with Crippen LogP contribution in [0.4, 0.5) is 14.5 Å². The number of ether oxygens (including phenoxy) is 1. The topological polar surface area (TPSA) is 54.1 Å². The molecular formula is C16H11ClF2N2O2. The number of alkyl halides is 2. The summed E-state index contributed by atoms with van der Waals surface area (Å²) >= 11 is 5.87. The highest BCUT2D eigenvalue weighted by atomic mass is 35.5. The molecule has 0 radical (unpaired) electrons. The Kier molecular flexibility index (Phi) is 4.16. The number of carbonyl (C=O) groups is 1. The first kappa shape index (κ1) is 15.3. The molecule has 118 valence electrons. The van der Waals surface area contributed by atoms with E-state index in [1.807, 2.05) is 6.07 Å². The molecule has 3 rings (SSSR count). The maximum absolute atomic E-state index is 12.4. The second-order valence-electron chi connectivity index (χ2n) is 4.72. The summed E-state index contributed by atoms with van der Waals surface area (Å²) in [6.45, 7) is -2.96. The Bertz CT molecular complexity index is 864. The van der Waals surface area contributed by atoms with Gasteiger partial charge in [0.25, 0.3) is 5.91 Å². The van der Waals surface area contributed by atoms with E-state index in [1.165, 1.54) is 18.2 Å². The smallest absolute Gasteiger partial charge is 0.387 e. The van der Waals surface area contributed by atoms with E-state index in [0.29, 0.717) is 11.3 Å². The lowest BCUT2D eigenvalue weighted by molar-refractivity contribution is -0.0497. The zero-order chi connectivity index (χ0) is 16.4. The van der Waals surface area contributed by atoms with Crippen molar-refractivity contribution >= 4 is 34.1 Å². The molecule has 0 fully saturated rings. The van der Waals surface area contributed by atoms with Crippen LogP contribution in [0, 0.1) is 0 Å². The van der Waals surface area contributed by atoms with Gasteiger partial charge in [0.05, 0.1) is 5.02 Å². The predicted octanol–water partition coefficient (Wildman–Crippen LogP) is 4.68. The maximum atomic E-state index is 12.4. The van der Waals surface area contributed by atoms with Crippen molar-refractivity contribution in [2.45, 2.75) is 6.61 Å². The minimum Gasteiger partial charge on any atom is -0.433 e. The molecule has 3 aromatic rings. The van der Waals surface area contributed by atoms with E-state index in [4.69, 9.17) is 11.6 Å². The van der Waals surface area contributed by atoms with E-state index in [1.54, 1.807) is 24.4 Å². The molecule has 4 nitrogen and oxygen atoms in total. The second kappa shape index (κ2) is 6.26. The second-order valence-corrected chi connectivity index (χ2v) is 5.13. The van der Waals surface area contributed by atoms with Gasteiger partial charge >= 0.3 is 6.61 Å². The van der Waals surface area contributed by atoms with Crippen molar-refractivity contribution in [3.63, 3.8) is 0 Å². The molecule has 1 aromatic heterocycles. The molecule has 0 spiro atoms. The number of carbonyl (C=O) groups excluding carboxylic acids is 1. The molecule has 1 amide bonds. The number of rotatable bonds is 4. The van der Waals surface area contributed by atoms with Crippen molar-refractivity contribution in [1.82, 2.24) is 4.98 Å². The molecule has 0 bridgehead atoms. The summed E-state index contributed by atoms with van der Waals surface area (Å²) in [6.07, 6.45) is 1.74. The summed E-state index contributed by atoms with van der Waals surface area (Å²) in [4.78, 5) is 15.4. The number of anilines is 1. The average Bonchev–Trinajstić information content (AvgIpc) is 2.98. The highest BCUT2D eigenvalue weighted by Gasteiger charge is 2.13. The number of benzene rings is 2. The maximum Gasteiger partial charge on any atom is 0.387 e. The third-order valence-corrected chi connectivity index (χ3v) is 3.54. The van der Waals surface area contributed by atoms with Crippen LogP contribution in [-0.4, -0.2) is 17.5 Å². The van der Waals surface area contributed by atoms with Crippen LogP contribution >= 0.6 is 11.6 Å². The molecule has 23 heavy (non-hydrogen) atoms. The van der Waals surface area contributed by atoms with E-state index < -0.39 is 6.61 Å². The molecule has 0 aliphatic carbocycles. The van der Waals surface area contributed by atoms with Gasteiger partial charge in [0, 0.05) is 28.4 Å². The predicted molar refractivity (Wildman–Crippen MR) is 84.3 cm³/mol. The zero-order valence-electron chi connectivity index (χ0n) is 11.6. The van der Waals surface area contributed by atoms with Gasteiger partial charge < -0.3 is 15.0 Å². The number of fused-ring (bicyclic) bond motifs is 1. The Morgan fingerprint density at radius 3 is 2.78 bits per heavy atom. The number of aromatic nitrogens is 1. The SMILES string of the molecule is O=C(Nc1ccc(OC(F)F)c(Cl)c1)c1cccc2[nH]ccc12. The number of nitrogens with one attached hydrogen (secondary N) is 2. The van der Waals surface area contributed by atoms with Crippen LogP contribution in [0.5, 0.6) is 5.75 Å². The van der Waals surface area contributed by atoms with E-state index in [0.717, 1.165) is 10.9 Å².